The second-order valence-electron chi connectivity index (χ2n) is 5.13. The Morgan fingerprint density at radius 1 is 1.11 bits per heavy atom. The van der Waals surface area contributed by atoms with Crippen molar-refractivity contribution in [3.63, 3.8) is 0 Å². The molecular weight excluding hydrogens is 398 g/mol. The number of nitrogens with one attached hydrogen (secondary N) is 2. The van der Waals surface area contributed by atoms with E-state index in [1.807, 2.05) is 0 Å². The largest absolute Gasteiger partial charge is 0.496 e. The maximum atomic E-state index is 12.2. The number of carbonyl (C=O) groups excluding carboxylic acids is 2. The molecule has 0 aliphatic heterocycles. The van der Waals surface area contributed by atoms with Gasteiger partial charge < -0.3 is 9.47 Å². The van der Waals surface area contributed by atoms with E-state index in [-0.39, 0.29) is 16.2 Å². The molecule has 0 unspecified atom stereocenters. The summed E-state index contributed by atoms with van der Waals surface area (Å²) in [4.78, 5) is 23.8. The lowest BCUT2D eigenvalue weighted by atomic mass is 10.2. The Balaban J connectivity index is 2.00. The Bertz CT molecular complexity index is 964. The van der Waals surface area contributed by atoms with Gasteiger partial charge in [0.2, 0.25) is 10.0 Å². The molecule has 0 bridgehead atoms. The third-order valence-corrected chi connectivity index (χ3v) is 4.48. The molecule has 27 heavy (non-hydrogen) atoms. The predicted octanol–water partition coefficient (Wildman–Crippen LogP) is 0.836. The van der Waals surface area contributed by atoms with Crippen LogP contribution in [-0.2, 0) is 14.8 Å². The maximum absolute atomic E-state index is 12.2. The van der Waals surface area contributed by atoms with Crippen LogP contribution in [0.4, 0.5) is 0 Å². The summed E-state index contributed by atoms with van der Waals surface area (Å²) < 4.78 is 33.1. The van der Waals surface area contributed by atoms with Crippen LogP contribution in [0.25, 0.3) is 0 Å². The fraction of sp³-hybridized carbons (Fsp3) is 0.125. The molecule has 144 valence electrons. The Labute approximate surface area is 160 Å². The van der Waals surface area contributed by atoms with Crippen molar-refractivity contribution in [1.29, 1.82) is 0 Å². The lowest BCUT2D eigenvalue weighted by Gasteiger charge is -2.12. The molecule has 0 heterocycles. The third kappa shape index (κ3) is 5.58. The number of hydrogen-bond acceptors (Lipinski definition) is 6. The zero-order valence-electron chi connectivity index (χ0n) is 14.1. The minimum Gasteiger partial charge on any atom is -0.496 e. The van der Waals surface area contributed by atoms with Gasteiger partial charge in [-0.1, -0.05) is 23.7 Å². The van der Waals surface area contributed by atoms with E-state index in [0.717, 1.165) is 6.07 Å². The van der Waals surface area contributed by atoms with Gasteiger partial charge in [-0.25, -0.2) is 13.6 Å². The molecule has 2 amide bonds. The first kappa shape index (κ1) is 20.5. The molecule has 0 radical (unpaired) electrons. The highest BCUT2D eigenvalue weighted by atomic mass is 35.5. The third-order valence-electron chi connectivity index (χ3n) is 3.25. The number of sulfonamides is 1. The number of hydrogen-bond donors (Lipinski definition) is 3. The van der Waals surface area contributed by atoms with Crippen LogP contribution in [0.2, 0.25) is 5.02 Å². The summed E-state index contributed by atoms with van der Waals surface area (Å²) in [7, 11) is -2.71. The number of ether oxygens (including phenoxy) is 2. The number of rotatable bonds is 6. The van der Waals surface area contributed by atoms with Gasteiger partial charge in [0.1, 0.15) is 11.5 Å². The number of halogens is 1. The van der Waals surface area contributed by atoms with Gasteiger partial charge in [0.05, 0.1) is 22.6 Å². The van der Waals surface area contributed by atoms with Crippen molar-refractivity contribution in [2.75, 3.05) is 13.7 Å². The summed E-state index contributed by atoms with van der Waals surface area (Å²) in [5, 5.41) is 5.38. The van der Waals surface area contributed by atoms with Crippen molar-refractivity contribution in [3.8, 4) is 11.5 Å². The summed E-state index contributed by atoms with van der Waals surface area (Å²) in [5.74, 6) is -1.06. The number of primary sulfonamides is 1. The average Bonchev–Trinajstić information content (AvgIpc) is 2.64. The lowest BCUT2D eigenvalue weighted by molar-refractivity contribution is -0.123. The van der Waals surface area contributed by atoms with E-state index in [1.165, 1.54) is 19.2 Å². The number of methoxy groups -OCH3 is 1. The highest BCUT2D eigenvalue weighted by molar-refractivity contribution is 7.89. The highest BCUT2D eigenvalue weighted by Crippen LogP contribution is 2.23. The van der Waals surface area contributed by atoms with Crippen LogP contribution in [0.15, 0.2) is 47.4 Å². The van der Waals surface area contributed by atoms with Crippen molar-refractivity contribution in [2.45, 2.75) is 4.90 Å². The molecule has 2 aromatic rings. The molecule has 4 N–H and O–H groups in total. The van der Waals surface area contributed by atoms with Crippen LogP contribution in [0.5, 0.6) is 11.5 Å². The minimum absolute atomic E-state index is 0.0986. The van der Waals surface area contributed by atoms with E-state index in [0.29, 0.717) is 10.8 Å². The molecule has 0 aliphatic rings. The Morgan fingerprint density at radius 3 is 2.44 bits per heavy atom. The molecular formula is C16H16ClN3O6S. The standard InChI is InChI=1S/C16H16ClN3O6S/c1-25-13-7-6-10(27(18,23)24)8-11(13)16(22)20-19-15(21)9-26-14-5-3-2-4-12(14)17/h2-8H,9H2,1H3,(H,19,21)(H,20,22)(H2,18,23,24). The Morgan fingerprint density at radius 2 is 1.81 bits per heavy atom. The van der Waals surface area contributed by atoms with Gasteiger partial charge in [0, 0.05) is 0 Å². The van der Waals surface area contributed by atoms with Gasteiger partial charge in [0.25, 0.3) is 11.8 Å². The topological polar surface area (TPSA) is 137 Å². The summed E-state index contributed by atoms with van der Waals surface area (Å²) >= 11 is 5.90. The summed E-state index contributed by atoms with van der Waals surface area (Å²) in [6, 6.07) is 10.1. The first-order chi connectivity index (χ1) is 12.7. The number of nitrogens with two attached hydrogens (primary N) is 1. The fourth-order valence-electron chi connectivity index (χ4n) is 1.98. The molecule has 2 rings (SSSR count). The van der Waals surface area contributed by atoms with Crippen LogP contribution in [0.3, 0.4) is 0 Å². The normalized spacial score (nSPS) is 10.8. The van der Waals surface area contributed by atoms with Crippen molar-refractivity contribution < 1.29 is 27.5 Å². The molecule has 0 saturated heterocycles. The van der Waals surface area contributed by atoms with Crippen molar-refractivity contribution >= 4 is 33.4 Å². The highest BCUT2D eigenvalue weighted by Gasteiger charge is 2.18. The zero-order chi connectivity index (χ0) is 20.0. The van der Waals surface area contributed by atoms with Crippen molar-refractivity contribution in [3.05, 3.63) is 53.1 Å². The first-order valence-corrected chi connectivity index (χ1v) is 9.32. The van der Waals surface area contributed by atoms with Gasteiger partial charge >= 0.3 is 0 Å². The number of amides is 2. The van der Waals surface area contributed by atoms with Crippen LogP contribution in [0, 0.1) is 0 Å². The Kier molecular flexibility index (Phi) is 6.61. The van der Waals surface area contributed by atoms with Crippen molar-refractivity contribution in [1.82, 2.24) is 10.9 Å². The van der Waals surface area contributed by atoms with Crippen LogP contribution in [0.1, 0.15) is 10.4 Å². The fourth-order valence-corrected chi connectivity index (χ4v) is 2.71. The lowest BCUT2D eigenvalue weighted by Crippen LogP contribution is -2.44. The minimum atomic E-state index is -4.01. The number of hydrazine groups is 1. The zero-order valence-corrected chi connectivity index (χ0v) is 15.6. The summed E-state index contributed by atoms with van der Waals surface area (Å²) in [6.07, 6.45) is 0. The molecule has 0 saturated carbocycles. The van der Waals surface area contributed by atoms with Gasteiger partial charge in [-0.2, -0.15) is 0 Å². The van der Waals surface area contributed by atoms with Gasteiger partial charge in [0.15, 0.2) is 6.61 Å². The van der Waals surface area contributed by atoms with E-state index in [2.05, 4.69) is 10.9 Å². The smallest absolute Gasteiger partial charge is 0.276 e. The molecule has 0 aliphatic carbocycles. The van der Waals surface area contributed by atoms with Crippen molar-refractivity contribution in [2.24, 2.45) is 5.14 Å². The predicted molar refractivity (Wildman–Crippen MR) is 96.9 cm³/mol. The van der Waals surface area contributed by atoms with E-state index >= 15 is 0 Å². The summed E-state index contributed by atoms with van der Waals surface area (Å²) in [5.41, 5.74) is 4.14. The van der Waals surface area contributed by atoms with Gasteiger partial charge in [-0.15, -0.1) is 0 Å². The molecule has 0 spiro atoms. The van der Waals surface area contributed by atoms with Crippen LogP contribution in [-0.4, -0.2) is 33.9 Å². The number of para-hydroxylation sites is 1. The van der Waals surface area contributed by atoms with E-state index in [9.17, 15) is 18.0 Å². The molecule has 11 heteroatoms. The Hall–Kier alpha value is -2.82. The quantitative estimate of drug-likeness (QED) is 0.600. The maximum Gasteiger partial charge on any atom is 0.276 e. The summed E-state index contributed by atoms with van der Waals surface area (Å²) in [6.45, 7) is -0.404. The second-order valence-corrected chi connectivity index (χ2v) is 7.10. The monoisotopic (exact) mass is 413 g/mol. The van der Waals surface area contributed by atoms with Crippen LogP contribution < -0.4 is 25.5 Å². The molecule has 0 aromatic heterocycles. The molecule has 2 aromatic carbocycles. The van der Waals surface area contributed by atoms with E-state index < -0.39 is 28.4 Å². The molecule has 0 atom stereocenters. The average molecular weight is 414 g/mol. The number of benzene rings is 2. The van der Waals surface area contributed by atoms with Crippen LogP contribution >= 0.6 is 11.6 Å². The SMILES string of the molecule is COc1ccc(S(N)(=O)=O)cc1C(=O)NNC(=O)COc1ccccc1Cl. The second kappa shape index (κ2) is 8.71. The van der Waals surface area contributed by atoms with E-state index in [4.69, 9.17) is 26.2 Å². The van der Waals surface area contributed by atoms with E-state index in [1.54, 1.807) is 24.3 Å². The molecule has 0 fully saturated rings. The first-order valence-electron chi connectivity index (χ1n) is 7.39. The van der Waals surface area contributed by atoms with Gasteiger partial charge in [-0.3, -0.25) is 20.4 Å². The number of carbonyl (C=O) groups is 2. The van der Waals surface area contributed by atoms with Gasteiger partial charge in [-0.05, 0) is 30.3 Å². The molecule has 9 nitrogen and oxygen atoms in total.